The van der Waals surface area contributed by atoms with Gasteiger partial charge in [-0.25, -0.2) is 9.37 Å². The third-order valence-electron chi connectivity index (χ3n) is 8.74. The number of H-pyrrole nitrogens is 1. The summed E-state index contributed by atoms with van der Waals surface area (Å²) in [6.45, 7) is 0. The van der Waals surface area contributed by atoms with Gasteiger partial charge in [-0.05, 0) is 35.9 Å². The number of aromatic amines is 1. The van der Waals surface area contributed by atoms with E-state index in [1.54, 1.807) is 61.1 Å². The number of carbonyl (C=O) groups is 2. The van der Waals surface area contributed by atoms with Crippen molar-refractivity contribution in [2.24, 2.45) is 0 Å². The molecular weight excluding hydrogens is 557 g/mol. The van der Waals surface area contributed by atoms with Gasteiger partial charge >= 0.3 is 0 Å². The van der Waals surface area contributed by atoms with Gasteiger partial charge < -0.3 is 5.11 Å². The summed E-state index contributed by atoms with van der Waals surface area (Å²) in [5.41, 5.74) is 4.94. The number of rotatable bonds is 5. The van der Waals surface area contributed by atoms with Crippen molar-refractivity contribution in [1.82, 2.24) is 25.1 Å². The summed E-state index contributed by atoms with van der Waals surface area (Å²) in [4.78, 5) is 37.8. The van der Waals surface area contributed by atoms with Gasteiger partial charge in [0.15, 0.2) is 0 Å². The molecule has 3 aromatic carbocycles. The number of nitrogens with one attached hydrogen (secondary N) is 1. The second-order valence-electron chi connectivity index (χ2n) is 11.2. The highest BCUT2D eigenvalue weighted by atomic mass is 19.1. The molecule has 2 N–H and O–H groups in total. The molecule has 0 atom stereocenters. The van der Waals surface area contributed by atoms with Crippen LogP contribution < -0.4 is 0 Å². The fourth-order valence-corrected chi connectivity index (χ4v) is 6.60. The van der Waals surface area contributed by atoms with E-state index in [-0.39, 0.29) is 30.5 Å². The highest BCUT2D eigenvalue weighted by Gasteiger charge is 2.56. The zero-order valence-electron chi connectivity index (χ0n) is 23.2. The maximum absolute atomic E-state index is 15.3. The average molecular weight is 582 g/mol. The van der Waals surface area contributed by atoms with E-state index in [1.807, 2.05) is 36.4 Å². The maximum Gasteiger partial charge on any atom is 0.262 e. The molecule has 44 heavy (non-hydrogen) atoms. The van der Waals surface area contributed by atoms with Crippen LogP contribution in [0.25, 0.3) is 44.5 Å². The summed E-state index contributed by atoms with van der Waals surface area (Å²) in [5, 5.41) is 18.0. The number of hydrogen-bond donors (Lipinski definition) is 2. The minimum absolute atomic E-state index is 0.246. The Bertz CT molecular complexity index is 2070. The van der Waals surface area contributed by atoms with E-state index in [2.05, 4.69) is 15.2 Å². The largest absolute Gasteiger partial charge is 0.393 e. The Balaban J connectivity index is 1.26. The lowest BCUT2D eigenvalue weighted by molar-refractivity contribution is -0.0507. The predicted octanol–water partition coefficient (Wildman–Crippen LogP) is 6.14. The van der Waals surface area contributed by atoms with Crippen molar-refractivity contribution in [2.75, 3.05) is 0 Å². The van der Waals surface area contributed by atoms with Crippen LogP contribution in [-0.2, 0) is 5.54 Å². The third-order valence-corrected chi connectivity index (χ3v) is 8.74. The molecule has 1 aliphatic heterocycles. The molecule has 214 valence electrons. The van der Waals surface area contributed by atoms with E-state index < -0.39 is 11.6 Å². The number of aliphatic hydroxyl groups excluding tert-OH is 1. The van der Waals surface area contributed by atoms with Gasteiger partial charge in [0, 0.05) is 52.9 Å². The van der Waals surface area contributed by atoms with E-state index in [0.29, 0.717) is 39.2 Å². The minimum atomic E-state index is -0.971. The first-order valence-corrected chi connectivity index (χ1v) is 14.3. The monoisotopic (exact) mass is 581 g/mol. The van der Waals surface area contributed by atoms with Crippen molar-refractivity contribution >= 4 is 22.7 Å². The molecule has 6 aromatic rings. The highest BCUT2D eigenvalue weighted by Crippen LogP contribution is 2.50. The summed E-state index contributed by atoms with van der Waals surface area (Å²) in [5.74, 6) is -1.10. The first-order chi connectivity index (χ1) is 21.4. The molecule has 0 bridgehead atoms. The first kappa shape index (κ1) is 26.1. The van der Waals surface area contributed by atoms with Crippen LogP contribution in [0, 0.1) is 5.82 Å². The lowest BCUT2D eigenvalue weighted by Crippen LogP contribution is -2.59. The molecule has 8 nitrogen and oxygen atoms in total. The molecule has 0 saturated heterocycles. The summed E-state index contributed by atoms with van der Waals surface area (Å²) >= 11 is 0. The van der Waals surface area contributed by atoms with Crippen molar-refractivity contribution in [3.05, 3.63) is 126 Å². The van der Waals surface area contributed by atoms with E-state index in [4.69, 9.17) is 4.98 Å². The molecule has 9 heteroatoms. The number of fused-ring (bicyclic) bond motifs is 2. The lowest BCUT2D eigenvalue weighted by Gasteiger charge is -2.50. The predicted molar refractivity (Wildman–Crippen MR) is 162 cm³/mol. The zero-order chi connectivity index (χ0) is 30.0. The third kappa shape index (κ3) is 3.83. The van der Waals surface area contributed by atoms with Crippen LogP contribution in [0.2, 0.25) is 0 Å². The molecular formula is C35H24FN5O3. The number of halogens is 1. The summed E-state index contributed by atoms with van der Waals surface area (Å²) < 4.78 is 15.3. The van der Waals surface area contributed by atoms with Crippen molar-refractivity contribution < 1.29 is 19.1 Å². The van der Waals surface area contributed by atoms with Crippen molar-refractivity contribution in [3.8, 4) is 33.6 Å². The van der Waals surface area contributed by atoms with Gasteiger partial charge in [0.2, 0.25) is 0 Å². The maximum atomic E-state index is 15.3. The Labute approximate surface area is 250 Å². The van der Waals surface area contributed by atoms with E-state index in [0.717, 1.165) is 22.1 Å². The fourth-order valence-electron chi connectivity index (χ4n) is 6.60. The lowest BCUT2D eigenvalue weighted by atomic mass is 9.68. The molecule has 2 amide bonds. The second-order valence-corrected chi connectivity index (χ2v) is 11.2. The first-order valence-electron chi connectivity index (χ1n) is 14.3. The Morgan fingerprint density at radius 3 is 2.14 bits per heavy atom. The molecule has 0 spiro atoms. The molecule has 2 aliphatic rings. The van der Waals surface area contributed by atoms with Gasteiger partial charge in [0.05, 0.1) is 45.9 Å². The summed E-state index contributed by atoms with van der Waals surface area (Å²) in [6.07, 6.45) is 4.97. The van der Waals surface area contributed by atoms with Crippen LogP contribution in [0.4, 0.5) is 4.39 Å². The Kier molecular flexibility index (Phi) is 5.79. The Hall–Kier alpha value is -5.54. The zero-order valence-corrected chi connectivity index (χ0v) is 23.2. The smallest absolute Gasteiger partial charge is 0.262 e. The van der Waals surface area contributed by atoms with Crippen LogP contribution in [-0.4, -0.2) is 48.1 Å². The number of aromatic nitrogens is 4. The SMILES string of the molecule is O=C1c2ccccc2C(=O)N1C1(c2ccc(-c3nc4ccnc(-c5cn[nH]c5)c4cc3-c3ccccc3F)cc2)CC(O)C1. The molecule has 4 heterocycles. The number of nitrogens with zero attached hydrogens (tertiary/aromatic N) is 4. The summed E-state index contributed by atoms with van der Waals surface area (Å²) in [7, 11) is 0. The van der Waals surface area contributed by atoms with Gasteiger partial charge in [-0.2, -0.15) is 5.10 Å². The van der Waals surface area contributed by atoms with Crippen LogP contribution in [0.3, 0.4) is 0 Å². The number of pyridine rings is 2. The molecule has 8 rings (SSSR count). The topological polar surface area (TPSA) is 112 Å². The van der Waals surface area contributed by atoms with Crippen LogP contribution >= 0.6 is 0 Å². The standard InChI is InChI=1S/C35H24FN5O3/c36-29-8-4-3-5-24(29)27-15-28-30(13-14-37-31(28)21-18-38-39-19-21)40-32(27)20-9-11-22(12-10-20)35(16-23(42)17-35)41-33(43)25-6-1-2-7-26(25)34(41)44/h1-15,18-19,23,42H,16-17H2,(H,38,39). The fraction of sp³-hybridized carbons (Fsp3) is 0.114. The average Bonchev–Trinajstić information content (AvgIpc) is 3.66. The van der Waals surface area contributed by atoms with E-state index in [9.17, 15) is 14.7 Å². The highest BCUT2D eigenvalue weighted by molar-refractivity contribution is 6.22. The van der Waals surface area contributed by atoms with Gasteiger partial charge in [0.1, 0.15) is 5.82 Å². The van der Waals surface area contributed by atoms with E-state index >= 15 is 4.39 Å². The Morgan fingerprint density at radius 2 is 1.50 bits per heavy atom. The van der Waals surface area contributed by atoms with Gasteiger partial charge in [-0.15, -0.1) is 0 Å². The molecule has 1 aliphatic carbocycles. The number of amides is 2. The van der Waals surface area contributed by atoms with Crippen molar-refractivity contribution in [2.45, 2.75) is 24.5 Å². The van der Waals surface area contributed by atoms with Gasteiger partial charge in [-0.1, -0.05) is 54.6 Å². The Morgan fingerprint density at radius 1 is 0.818 bits per heavy atom. The summed E-state index contributed by atoms with van der Waals surface area (Å²) in [6, 6.07) is 24.5. The van der Waals surface area contributed by atoms with Crippen molar-refractivity contribution in [1.29, 1.82) is 0 Å². The van der Waals surface area contributed by atoms with Gasteiger partial charge in [-0.3, -0.25) is 24.6 Å². The second kappa shape index (κ2) is 9.75. The number of aliphatic hydroxyl groups is 1. The van der Waals surface area contributed by atoms with E-state index in [1.165, 1.54) is 11.0 Å². The molecule has 1 saturated carbocycles. The number of hydrogen-bond acceptors (Lipinski definition) is 6. The molecule has 1 fully saturated rings. The van der Waals surface area contributed by atoms with Crippen LogP contribution in [0.15, 0.2) is 104 Å². The quantitative estimate of drug-likeness (QED) is 0.237. The number of imide groups is 1. The number of carbonyl (C=O) groups excluding carboxylic acids is 2. The van der Waals surface area contributed by atoms with Crippen molar-refractivity contribution in [3.63, 3.8) is 0 Å². The molecule has 0 radical (unpaired) electrons. The minimum Gasteiger partial charge on any atom is -0.393 e. The van der Waals surface area contributed by atoms with Crippen LogP contribution in [0.1, 0.15) is 39.1 Å². The van der Waals surface area contributed by atoms with Crippen LogP contribution in [0.5, 0.6) is 0 Å². The number of benzene rings is 3. The molecule has 3 aromatic heterocycles. The van der Waals surface area contributed by atoms with Gasteiger partial charge in [0.25, 0.3) is 11.8 Å². The normalized spacial score (nSPS) is 19.3. The molecule has 0 unspecified atom stereocenters.